The third-order valence-electron chi connectivity index (χ3n) is 3.00. The molecule has 6 nitrogen and oxygen atoms in total. The van der Waals surface area contributed by atoms with Gasteiger partial charge in [0, 0.05) is 22.3 Å². The number of anilines is 4. The Morgan fingerprint density at radius 1 is 0.955 bits per heavy atom. The molecule has 0 bridgehead atoms. The summed E-state index contributed by atoms with van der Waals surface area (Å²) < 4.78 is 6.06. The molecule has 3 rings (SSSR count). The normalized spacial score (nSPS) is 10.5. The number of aromatic nitrogens is 3. The van der Waals surface area contributed by atoms with Crippen LogP contribution in [0.15, 0.2) is 45.7 Å². The molecule has 0 amide bonds. The Labute approximate surface area is 136 Å². The molecule has 2 N–H and O–H groups in total. The molecular weight excluding hydrogens is 346 g/mol. The number of hydrogen-bond donors (Lipinski definition) is 2. The lowest BCUT2D eigenvalue weighted by molar-refractivity contribution is 0.400. The smallest absolute Gasteiger partial charge is 0.175 e. The zero-order valence-corrected chi connectivity index (χ0v) is 13.7. The van der Waals surface area contributed by atoms with Crippen LogP contribution in [-0.2, 0) is 0 Å². The van der Waals surface area contributed by atoms with Crippen LogP contribution >= 0.6 is 15.9 Å². The van der Waals surface area contributed by atoms with Crippen molar-refractivity contribution in [3.8, 4) is 0 Å². The molecule has 0 spiro atoms. The van der Waals surface area contributed by atoms with Crippen molar-refractivity contribution in [3.63, 3.8) is 0 Å². The van der Waals surface area contributed by atoms with E-state index < -0.39 is 0 Å². The second-order valence-electron chi connectivity index (χ2n) is 4.82. The minimum atomic E-state index is 0.613. The Morgan fingerprint density at radius 2 is 1.73 bits per heavy atom. The largest absolute Gasteiger partial charge is 0.360 e. The summed E-state index contributed by atoms with van der Waals surface area (Å²) in [6, 6.07) is 9.63. The number of benzene rings is 1. The summed E-state index contributed by atoms with van der Waals surface area (Å²) >= 11 is 3.45. The molecule has 0 fully saturated rings. The van der Waals surface area contributed by atoms with Crippen molar-refractivity contribution >= 4 is 39.1 Å². The van der Waals surface area contributed by atoms with E-state index in [0.717, 1.165) is 21.5 Å². The zero-order valence-electron chi connectivity index (χ0n) is 12.1. The van der Waals surface area contributed by atoms with E-state index >= 15 is 0 Å². The Hall–Kier alpha value is -2.41. The van der Waals surface area contributed by atoms with Crippen molar-refractivity contribution in [2.75, 3.05) is 10.6 Å². The van der Waals surface area contributed by atoms with Gasteiger partial charge in [-0.05, 0) is 37.6 Å². The first-order valence-electron chi connectivity index (χ1n) is 6.66. The van der Waals surface area contributed by atoms with Gasteiger partial charge in [0.25, 0.3) is 0 Å². The minimum Gasteiger partial charge on any atom is -0.360 e. The highest BCUT2D eigenvalue weighted by molar-refractivity contribution is 9.10. The molecule has 7 heteroatoms. The van der Waals surface area contributed by atoms with Gasteiger partial charge in [-0.2, -0.15) is 0 Å². The van der Waals surface area contributed by atoms with Crippen LogP contribution in [0.25, 0.3) is 0 Å². The lowest BCUT2D eigenvalue weighted by atomic mass is 10.2. The molecular formula is C15H14BrN5O. The van der Waals surface area contributed by atoms with E-state index in [0.29, 0.717) is 17.5 Å². The molecule has 3 aromatic rings. The fraction of sp³-hybridized carbons (Fsp3) is 0.133. The van der Waals surface area contributed by atoms with E-state index in [2.05, 4.69) is 41.7 Å². The van der Waals surface area contributed by atoms with Crippen molar-refractivity contribution in [1.82, 2.24) is 15.1 Å². The van der Waals surface area contributed by atoms with Gasteiger partial charge >= 0.3 is 0 Å². The second-order valence-corrected chi connectivity index (χ2v) is 5.74. The highest BCUT2D eigenvalue weighted by Gasteiger charge is 2.05. The van der Waals surface area contributed by atoms with E-state index in [-0.39, 0.29) is 0 Å². The number of nitrogens with one attached hydrogen (secondary N) is 2. The number of rotatable bonds is 4. The SMILES string of the molecule is Cc1cc(Nc2cc(Nc3ccc(Br)cc3C)ncn2)no1. The molecule has 0 unspecified atom stereocenters. The van der Waals surface area contributed by atoms with Gasteiger partial charge in [-0.1, -0.05) is 21.1 Å². The topological polar surface area (TPSA) is 75.9 Å². The number of hydrogen-bond acceptors (Lipinski definition) is 6. The minimum absolute atomic E-state index is 0.613. The monoisotopic (exact) mass is 359 g/mol. The van der Waals surface area contributed by atoms with Gasteiger partial charge in [0.15, 0.2) is 5.82 Å². The third kappa shape index (κ3) is 3.43. The summed E-state index contributed by atoms with van der Waals surface area (Å²) in [7, 11) is 0. The number of halogens is 1. The van der Waals surface area contributed by atoms with Crippen molar-refractivity contribution < 1.29 is 4.52 Å². The quantitative estimate of drug-likeness (QED) is 0.721. The van der Waals surface area contributed by atoms with E-state index in [1.54, 1.807) is 6.07 Å². The summed E-state index contributed by atoms with van der Waals surface area (Å²) in [5.41, 5.74) is 2.11. The van der Waals surface area contributed by atoms with E-state index in [1.165, 1.54) is 6.33 Å². The molecule has 22 heavy (non-hydrogen) atoms. The first-order valence-corrected chi connectivity index (χ1v) is 7.45. The summed E-state index contributed by atoms with van der Waals surface area (Å²) in [4.78, 5) is 8.40. The Kier molecular flexibility index (Phi) is 4.06. The highest BCUT2D eigenvalue weighted by Crippen LogP contribution is 2.24. The average molecular weight is 360 g/mol. The van der Waals surface area contributed by atoms with E-state index in [9.17, 15) is 0 Å². The standard InChI is InChI=1S/C15H14BrN5O/c1-9-5-11(16)3-4-12(9)19-13-7-14(18-8-17-13)20-15-6-10(2)22-21-15/h3-8H,1-2H3,(H2,17,18,19,20,21). The van der Waals surface area contributed by atoms with E-state index in [4.69, 9.17) is 4.52 Å². The van der Waals surface area contributed by atoms with Crippen LogP contribution < -0.4 is 10.6 Å². The summed E-state index contributed by atoms with van der Waals surface area (Å²) in [5, 5.41) is 10.2. The summed E-state index contributed by atoms with van der Waals surface area (Å²) in [6.07, 6.45) is 1.49. The second kappa shape index (κ2) is 6.15. The zero-order chi connectivity index (χ0) is 15.5. The molecule has 2 aromatic heterocycles. The molecule has 0 saturated carbocycles. The van der Waals surface area contributed by atoms with Gasteiger partial charge in [0.1, 0.15) is 23.7 Å². The molecule has 112 valence electrons. The van der Waals surface area contributed by atoms with Crippen LogP contribution in [0.4, 0.5) is 23.1 Å². The first-order chi connectivity index (χ1) is 10.6. The maximum atomic E-state index is 5.01. The van der Waals surface area contributed by atoms with Crippen LogP contribution in [0.5, 0.6) is 0 Å². The molecule has 1 aromatic carbocycles. The average Bonchev–Trinajstić information content (AvgIpc) is 2.88. The first kappa shape index (κ1) is 14.5. The predicted molar refractivity (Wildman–Crippen MR) is 88.7 cm³/mol. The predicted octanol–water partition coefficient (Wildman–Crippen LogP) is 4.33. The number of nitrogens with zero attached hydrogens (tertiary/aromatic N) is 3. The lowest BCUT2D eigenvalue weighted by Crippen LogP contribution is -1.99. The molecule has 0 aliphatic heterocycles. The van der Waals surface area contributed by atoms with Gasteiger partial charge in [0.05, 0.1) is 0 Å². The fourth-order valence-electron chi connectivity index (χ4n) is 1.96. The molecule has 0 aliphatic carbocycles. The van der Waals surface area contributed by atoms with Crippen molar-refractivity contribution in [3.05, 3.63) is 52.5 Å². The maximum absolute atomic E-state index is 5.01. The number of aryl methyl sites for hydroxylation is 2. The fourth-order valence-corrected chi connectivity index (χ4v) is 2.43. The van der Waals surface area contributed by atoms with Gasteiger partial charge < -0.3 is 15.2 Å². The summed E-state index contributed by atoms with van der Waals surface area (Å²) in [5.74, 6) is 2.69. The molecule has 0 saturated heterocycles. The molecule has 0 aliphatic rings. The molecule has 0 atom stereocenters. The van der Waals surface area contributed by atoms with Crippen molar-refractivity contribution in [1.29, 1.82) is 0 Å². The lowest BCUT2D eigenvalue weighted by Gasteiger charge is -2.10. The van der Waals surface area contributed by atoms with Crippen LogP contribution in [-0.4, -0.2) is 15.1 Å². The third-order valence-corrected chi connectivity index (χ3v) is 3.50. The summed E-state index contributed by atoms with van der Waals surface area (Å²) in [6.45, 7) is 3.87. The van der Waals surface area contributed by atoms with Crippen LogP contribution in [0.3, 0.4) is 0 Å². The van der Waals surface area contributed by atoms with Gasteiger partial charge in [-0.25, -0.2) is 9.97 Å². The van der Waals surface area contributed by atoms with E-state index in [1.807, 2.05) is 38.1 Å². The molecule has 0 radical (unpaired) electrons. The van der Waals surface area contributed by atoms with Crippen LogP contribution in [0, 0.1) is 13.8 Å². The highest BCUT2D eigenvalue weighted by atomic mass is 79.9. The van der Waals surface area contributed by atoms with Gasteiger partial charge in [-0.15, -0.1) is 0 Å². The Bertz CT molecular complexity index is 802. The van der Waals surface area contributed by atoms with Crippen LogP contribution in [0.2, 0.25) is 0 Å². The Balaban J connectivity index is 1.78. The van der Waals surface area contributed by atoms with Crippen LogP contribution in [0.1, 0.15) is 11.3 Å². The van der Waals surface area contributed by atoms with Crippen molar-refractivity contribution in [2.45, 2.75) is 13.8 Å². The maximum Gasteiger partial charge on any atom is 0.175 e. The Morgan fingerprint density at radius 3 is 2.41 bits per heavy atom. The van der Waals surface area contributed by atoms with Gasteiger partial charge in [-0.3, -0.25) is 0 Å². The van der Waals surface area contributed by atoms with Crippen molar-refractivity contribution in [2.24, 2.45) is 0 Å². The molecule has 2 heterocycles. The van der Waals surface area contributed by atoms with Gasteiger partial charge in [0.2, 0.25) is 0 Å².